The van der Waals surface area contributed by atoms with E-state index in [2.05, 4.69) is 24.3 Å². The Kier molecular flexibility index (Phi) is 3.16. The van der Waals surface area contributed by atoms with Crippen LogP contribution in [0.5, 0.6) is 0 Å². The van der Waals surface area contributed by atoms with Gasteiger partial charge in [-0.15, -0.1) is 0 Å². The van der Waals surface area contributed by atoms with Crippen molar-refractivity contribution >= 4 is 0 Å². The smallest absolute Gasteiger partial charge is 0.0700 e. The van der Waals surface area contributed by atoms with Crippen LogP contribution in [0.25, 0.3) is 0 Å². The highest BCUT2D eigenvalue weighted by Crippen LogP contribution is 2.47. The lowest BCUT2D eigenvalue weighted by Crippen LogP contribution is -2.51. The molecule has 2 heteroatoms. The fraction of sp³-hybridized carbons (Fsp3) is 0.625. The highest BCUT2D eigenvalue weighted by molar-refractivity contribution is 5.20. The molecule has 2 aliphatic rings. The van der Waals surface area contributed by atoms with Crippen molar-refractivity contribution in [1.82, 2.24) is 0 Å². The molecule has 0 radical (unpaired) electrons. The summed E-state index contributed by atoms with van der Waals surface area (Å²) in [5, 5.41) is 20.4. The summed E-state index contributed by atoms with van der Waals surface area (Å²) in [6, 6.07) is 10.6. The van der Waals surface area contributed by atoms with E-state index in [9.17, 15) is 10.2 Å². The van der Waals surface area contributed by atoms with E-state index in [4.69, 9.17) is 0 Å². The average Bonchev–Trinajstić information content (AvgIpc) is 2.38. The maximum absolute atomic E-state index is 10.7. The summed E-state index contributed by atoms with van der Waals surface area (Å²) in [6.45, 7) is 0. The Labute approximate surface area is 109 Å². The van der Waals surface area contributed by atoms with Crippen molar-refractivity contribution in [2.24, 2.45) is 5.92 Å². The number of aliphatic hydroxyl groups is 2. The van der Waals surface area contributed by atoms with E-state index in [0.717, 1.165) is 38.5 Å². The van der Waals surface area contributed by atoms with Gasteiger partial charge in [0.25, 0.3) is 0 Å². The van der Waals surface area contributed by atoms with E-state index in [1.807, 2.05) is 6.07 Å². The monoisotopic (exact) mass is 246 g/mol. The molecule has 1 aromatic carbocycles. The van der Waals surface area contributed by atoms with Gasteiger partial charge in [0.15, 0.2) is 0 Å². The Morgan fingerprint density at radius 3 is 2.11 bits per heavy atom. The minimum atomic E-state index is -0.594. The molecule has 0 amide bonds. The van der Waals surface area contributed by atoms with Crippen LogP contribution in [-0.2, 0) is 0 Å². The maximum Gasteiger partial charge on any atom is 0.0700 e. The molecule has 0 aliphatic heterocycles. The summed E-state index contributed by atoms with van der Waals surface area (Å²) < 4.78 is 0. The lowest BCUT2D eigenvalue weighted by molar-refractivity contribution is -0.136. The molecule has 0 spiro atoms. The normalized spacial score (nSPS) is 40.2. The fourth-order valence-electron chi connectivity index (χ4n) is 3.66. The van der Waals surface area contributed by atoms with E-state index in [1.165, 1.54) is 5.56 Å². The molecule has 2 aliphatic carbocycles. The van der Waals surface area contributed by atoms with Crippen molar-refractivity contribution in [3.05, 3.63) is 35.9 Å². The van der Waals surface area contributed by atoms with Crippen LogP contribution in [0.15, 0.2) is 30.3 Å². The lowest BCUT2D eigenvalue weighted by atomic mass is 9.63. The third-order valence-corrected chi connectivity index (χ3v) is 5.05. The van der Waals surface area contributed by atoms with Gasteiger partial charge >= 0.3 is 0 Å². The summed E-state index contributed by atoms with van der Waals surface area (Å²) in [6.07, 6.45) is 5.38. The fourth-order valence-corrected chi connectivity index (χ4v) is 3.66. The van der Waals surface area contributed by atoms with Crippen LogP contribution < -0.4 is 0 Å². The van der Waals surface area contributed by atoms with Gasteiger partial charge in [0.1, 0.15) is 0 Å². The Bertz CT molecular complexity index is 393. The molecule has 2 saturated carbocycles. The highest BCUT2D eigenvalue weighted by Gasteiger charge is 2.47. The molecule has 2 N–H and O–H groups in total. The quantitative estimate of drug-likeness (QED) is 0.842. The molecule has 18 heavy (non-hydrogen) atoms. The molecular weight excluding hydrogens is 224 g/mol. The summed E-state index contributed by atoms with van der Waals surface area (Å²) >= 11 is 0. The molecule has 98 valence electrons. The van der Waals surface area contributed by atoms with E-state index in [1.54, 1.807) is 0 Å². The van der Waals surface area contributed by atoms with Crippen LogP contribution in [0, 0.1) is 5.92 Å². The van der Waals surface area contributed by atoms with E-state index >= 15 is 0 Å². The largest absolute Gasteiger partial charge is 0.393 e. The van der Waals surface area contributed by atoms with Gasteiger partial charge in [-0.2, -0.15) is 0 Å². The molecular formula is C16H22O2. The first-order chi connectivity index (χ1) is 8.69. The summed E-state index contributed by atoms with van der Waals surface area (Å²) in [5.41, 5.74) is 0.803. The van der Waals surface area contributed by atoms with Crippen molar-refractivity contribution in [3.63, 3.8) is 0 Å². The van der Waals surface area contributed by atoms with Crippen LogP contribution in [0.2, 0.25) is 0 Å². The zero-order valence-electron chi connectivity index (χ0n) is 10.8. The van der Waals surface area contributed by atoms with Gasteiger partial charge in [-0.25, -0.2) is 0 Å². The van der Waals surface area contributed by atoms with Crippen LogP contribution in [0.4, 0.5) is 0 Å². The van der Waals surface area contributed by atoms with Crippen molar-refractivity contribution in [3.8, 4) is 0 Å². The number of hydrogen-bond acceptors (Lipinski definition) is 2. The van der Waals surface area contributed by atoms with Gasteiger partial charge in [-0.05, 0) is 50.0 Å². The molecule has 3 rings (SSSR count). The minimum Gasteiger partial charge on any atom is -0.393 e. The molecule has 0 bridgehead atoms. The molecule has 2 nitrogen and oxygen atoms in total. The number of benzene rings is 1. The number of rotatable bonds is 2. The van der Waals surface area contributed by atoms with Crippen LogP contribution >= 0.6 is 0 Å². The van der Waals surface area contributed by atoms with E-state index in [0.29, 0.717) is 5.92 Å². The van der Waals surface area contributed by atoms with E-state index in [-0.39, 0.29) is 12.0 Å². The predicted molar refractivity (Wildman–Crippen MR) is 71.3 cm³/mol. The van der Waals surface area contributed by atoms with Crippen LogP contribution in [0.1, 0.15) is 50.0 Å². The third kappa shape index (κ3) is 2.08. The maximum atomic E-state index is 10.7. The molecule has 2 atom stereocenters. The highest BCUT2D eigenvalue weighted by atomic mass is 16.3. The van der Waals surface area contributed by atoms with Gasteiger partial charge in [0.05, 0.1) is 11.7 Å². The average molecular weight is 246 g/mol. The molecule has 0 unspecified atom stereocenters. The Morgan fingerprint density at radius 2 is 1.61 bits per heavy atom. The predicted octanol–water partition coefficient (Wildman–Crippen LogP) is 2.85. The first kappa shape index (κ1) is 12.2. The first-order valence-corrected chi connectivity index (χ1v) is 7.14. The second-order valence-corrected chi connectivity index (χ2v) is 6.04. The number of hydrogen-bond donors (Lipinski definition) is 2. The second kappa shape index (κ2) is 4.67. The minimum absolute atomic E-state index is 0.134. The van der Waals surface area contributed by atoms with Gasteiger partial charge in [-0.1, -0.05) is 30.3 Å². The Balaban J connectivity index is 1.64. The van der Waals surface area contributed by atoms with Gasteiger partial charge in [-0.3, -0.25) is 0 Å². The van der Waals surface area contributed by atoms with Gasteiger partial charge in [0, 0.05) is 5.92 Å². The first-order valence-electron chi connectivity index (χ1n) is 7.14. The van der Waals surface area contributed by atoms with Gasteiger partial charge in [0.2, 0.25) is 0 Å². The Hall–Kier alpha value is -0.860. The van der Waals surface area contributed by atoms with Crippen LogP contribution in [-0.4, -0.2) is 21.9 Å². The van der Waals surface area contributed by atoms with Crippen molar-refractivity contribution in [2.75, 3.05) is 0 Å². The van der Waals surface area contributed by atoms with E-state index < -0.39 is 5.60 Å². The molecule has 0 heterocycles. The zero-order valence-corrected chi connectivity index (χ0v) is 10.8. The standard InChI is InChI=1S/C16H22O2/c17-15-7-6-14(15)16(18)10-8-13(9-11-16)12-4-2-1-3-5-12/h1-5,13-15,17-18H,6-11H2/t13?,14-,15+,16?/m1/s1. The lowest BCUT2D eigenvalue weighted by Gasteiger charge is -2.48. The summed E-state index contributed by atoms with van der Waals surface area (Å²) in [7, 11) is 0. The SMILES string of the molecule is O[C@H]1CC[C@H]1C1(O)CCC(c2ccccc2)CC1. The van der Waals surface area contributed by atoms with Crippen molar-refractivity contribution < 1.29 is 10.2 Å². The molecule has 0 saturated heterocycles. The molecule has 2 fully saturated rings. The van der Waals surface area contributed by atoms with Crippen LogP contribution in [0.3, 0.4) is 0 Å². The second-order valence-electron chi connectivity index (χ2n) is 6.04. The third-order valence-electron chi connectivity index (χ3n) is 5.05. The zero-order chi connectivity index (χ0) is 12.6. The Morgan fingerprint density at radius 1 is 0.944 bits per heavy atom. The molecule has 1 aromatic rings. The topological polar surface area (TPSA) is 40.5 Å². The van der Waals surface area contributed by atoms with Crippen molar-refractivity contribution in [2.45, 2.75) is 56.1 Å². The van der Waals surface area contributed by atoms with Crippen molar-refractivity contribution in [1.29, 1.82) is 0 Å². The summed E-state index contributed by atoms with van der Waals surface area (Å²) in [4.78, 5) is 0. The molecule has 0 aromatic heterocycles. The van der Waals surface area contributed by atoms with Gasteiger partial charge < -0.3 is 10.2 Å². The number of aliphatic hydroxyl groups excluding tert-OH is 1. The summed E-state index contributed by atoms with van der Waals surface area (Å²) in [5.74, 6) is 0.720.